The molecule has 0 radical (unpaired) electrons. The number of carbonyl (C=O) groups excluding carboxylic acids is 3. The molecule has 2 aromatic rings. The Hall–Kier alpha value is -2.75. The second-order valence-corrected chi connectivity index (χ2v) is 4.54. The lowest BCUT2D eigenvalue weighted by Gasteiger charge is -2.09. The quantitative estimate of drug-likeness (QED) is 0.490. The number of ketones is 2. The molecule has 0 bridgehead atoms. The predicted molar refractivity (Wildman–Crippen MR) is 77.9 cm³/mol. The molecule has 21 heavy (non-hydrogen) atoms. The smallest absolute Gasteiger partial charge is 0.344 e. The number of rotatable bonds is 4. The van der Waals surface area contributed by atoms with Crippen LogP contribution >= 0.6 is 0 Å². The zero-order valence-electron chi connectivity index (χ0n) is 11.8. The summed E-state index contributed by atoms with van der Waals surface area (Å²) in [5.74, 6) is -0.886. The van der Waals surface area contributed by atoms with E-state index < -0.39 is 5.97 Å². The first-order valence-electron chi connectivity index (χ1n) is 6.43. The van der Waals surface area contributed by atoms with Crippen LogP contribution in [0.15, 0.2) is 48.5 Å². The molecule has 4 nitrogen and oxygen atoms in total. The summed E-state index contributed by atoms with van der Waals surface area (Å²) in [4.78, 5) is 35.3. The molecule has 0 aliphatic heterocycles. The maximum atomic E-state index is 12.2. The van der Waals surface area contributed by atoms with Crippen LogP contribution in [-0.4, -0.2) is 17.5 Å². The fourth-order valence-electron chi connectivity index (χ4n) is 1.97. The molecule has 0 spiro atoms. The number of Topliss-reactive ketones (excluding diaryl/α,β-unsaturated/α-hetero) is 2. The lowest BCUT2D eigenvalue weighted by molar-refractivity contribution is 0.0728. The molecule has 2 rings (SSSR count). The highest BCUT2D eigenvalue weighted by Crippen LogP contribution is 2.21. The van der Waals surface area contributed by atoms with Gasteiger partial charge < -0.3 is 4.74 Å². The fourth-order valence-corrected chi connectivity index (χ4v) is 1.97. The van der Waals surface area contributed by atoms with Crippen molar-refractivity contribution in [2.75, 3.05) is 0 Å². The molecule has 0 amide bonds. The van der Waals surface area contributed by atoms with E-state index >= 15 is 0 Å². The van der Waals surface area contributed by atoms with Crippen LogP contribution in [0.4, 0.5) is 0 Å². The minimum Gasteiger partial charge on any atom is -0.422 e. The number of hydrogen-bond acceptors (Lipinski definition) is 4. The Morgan fingerprint density at radius 1 is 0.714 bits per heavy atom. The summed E-state index contributed by atoms with van der Waals surface area (Å²) in [5, 5.41) is 0. The topological polar surface area (TPSA) is 60.4 Å². The van der Waals surface area contributed by atoms with E-state index in [4.69, 9.17) is 4.74 Å². The van der Waals surface area contributed by atoms with Crippen LogP contribution < -0.4 is 4.74 Å². The van der Waals surface area contributed by atoms with Gasteiger partial charge in [0, 0.05) is 5.56 Å². The molecule has 4 heteroatoms. The Labute approximate surface area is 122 Å². The zero-order valence-corrected chi connectivity index (χ0v) is 11.8. The fraction of sp³-hybridized carbons (Fsp3) is 0.118. The average molecular weight is 282 g/mol. The molecule has 0 atom stereocenters. The Kier molecular flexibility index (Phi) is 4.28. The van der Waals surface area contributed by atoms with E-state index in [9.17, 15) is 14.4 Å². The Morgan fingerprint density at radius 2 is 1.19 bits per heavy atom. The van der Waals surface area contributed by atoms with Gasteiger partial charge in [-0.2, -0.15) is 0 Å². The van der Waals surface area contributed by atoms with Crippen LogP contribution in [0.3, 0.4) is 0 Å². The summed E-state index contributed by atoms with van der Waals surface area (Å²) in [5.41, 5.74) is 0.803. The summed E-state index contributed by atoms with van der Waals surface area (Å²) in [6, 6.07) is 12.9. The molecule has 0 heterocycles. The van der Waals surface area contributed by atoms with Crippen molar-refractivity contribution in [1.82, 2.24) is 0 Å². The number of para-hydroxylation sites is 1. The summed E-state index contributed by atoms with van der Waals surface area (Å²) in [6.07, 6.45) is 0. The van der Waals surface area contributed by atoms with Gasteiger partial charge in [0.1, 0.15) is 5.75 Å². The lowest BCUT2D eigenvalue weighted by atomic mass is 10.0. The van der Waals surface area contributed by atoms with Crippen LogP contribution in [0, 0.1) is 0 Å². The van der Waals surface area contributed by atoms with Crippen molar-refractivity contribution in [1.29, 1.82) is 0 Å². The molecular weight excluding hydrogens is 268 g/mol. The van der Waals surface area contributed by atoms with E-state index in [0.717, 1.165) is 0 Å². The van der Waals surface area contributed by atoms with Gasteiger partial charge in [0.25, 0.3) is 0 Å². The minimum atomic E-state index is -0.658. The number of hydrogen-bond donors (Lipinski definition) is 0. The van der Waals surface area contributed by atoms with Crippen molar-refractivity contribution in [3.8, 4) is 5.75 Å². The van der Waals surface area contributed by atoms with E-state index in [1.54, 1.807) is 42.5 Å². The predicted octanol–water partition coefficient (Wildman–Crippen LogP) is 3.31. The number of esters is 1. The molecule has 0 saturated heterocycles. The second-order valence-electron chi connectivity index (χ2n) is 4.54. The van der Waals surface area contributed by atoms with Crippen molar-refractivity contribution in [2.24, 2.45) is 0 Å². The first kappa shape index (κ1) is 14.7. The van der Waals surface area contributed by atoms with Crippen molar-refractivity contribution < 1.29 is 19.1 Å². The third-order valence-electron chi connectivity index (χ3n) is 3.00. The standard InChI is InChI=1S/C17H14O4/c1-11(18)13-7-3-4-9-15(13)17(20)21-16-10-6-5-8-14(16)12(2)19/h3-10H,1-2H3. The molecule has 0 fully saturated rings. The first-order chi connectivity index (χ1) is 10.0. The van der Waals surface area contributed by atoms with Gasteiger partial charge in [-0.3, -0.25) is 9.59 Å². The number of ether oxygens (including phenoxy) is 1. The lowest BCUT2D eigenvalue weighted by Crippen LogP contribution is -2.14. The van der Waals surface area contributed by atoms with Gasteiger partial charge in [-0.25, -0.2) is 4.79 Å². The maximum Gasteiger partial charge on any atom is 0.344 e. The van der Waals surface area contributed by atoms with Gasteiger partial charge in [-0.1, -0.05) is 30.3 Å². The maximum absolute atomic E-state index is 12.2. The highest BCUT2D eigenvalue weighted by Gasteiger charge is 2.18. The molecule has 0 unspecified atom stereocenters. The van der Waals surface area contributed by atoms with Gasteiger partial charge in [0.05, 0.1) is 11.1 Å². The molecule has 0 saturated carbocycles. The normalized spacial score (nSPS) is 10.0. The highest BCUT2D eigenvalue weighted by atomic mass is 16.5. The van der Waals surface area contributed by atoms with E-state index in [1.165, 1.54) is 19.9 Å². The molecule has 0 aliphatic carbocycles. The zero-order chi connectivity index (χ0) is 15.4. The Balaban J connectivity index is 2.36. The van der Waals surface area contributed by atoms with E-state index in [-0.39, 0.29) is 22.9 Å². The molecule has 2 aromatic carbocycles. The Bertz CT molecular complexity index is 716. The third kappa shape index (κ3) is 3.23. The summed E-state index contributed by atoms with van der Waals surface area (Å²) < 4.78 is 5.27. The number of carbonyl (C=O) groups is 3. The largest absolute Gasteiger partial charge is 0.422 e. The van der Waals surface area contributed by atoms with Crippen molar-refractivity contribution in [3.05, 3.63) is 65.2 Å². The van der Waals surface area contributed by atoms with Crippen LogP contribution in [0.1, 0.15) is 44.9 Å². The molecule has 0 aliphatic rings. The molecule has 0 aromatic heterocycles. The van der Waals surface area contributed by atoms with Crippen LogP contribution in [0.2, 0.25) is 0 Å². The summed E-state index contributed by atoms with van der Waals surface area (Å²) in [6.45, 7) is 2.78. The Morgan fingerprint density at radius 3 is 1.76 bits per heavy atom. The van der Waals surface area contributed by atoms with Gasteiger partial charge in [0.2, 0.25) is 0 Å². The SMILES string of the molecule is CC(=O)c1ccccc1OC(=O)c1ccccc1C(C)=O. The molecule has 106 valence electrons. The first-order valence-corrected chi connectivity index (χ1v) is 6.43. The monoisotopic (exact) mass is 282 g/mol. The summed E-state index contributed by atoms with van der Waals surface area (Å²) in [7, 11) is 0. The third-order valence-corrected chi connectivity index (χ3v) is 3.00. The summed E-state index contributed by atoms with van der Waals surface area (Å²) >= 11 is 0. The molecular formula is C17H14O4. The van der Waals surface area contributed by atoms with Gasteiger partial charge in [-0.05, 0) is 32.0 Å². The minimum absolute atomic E-state index is 0.184. The van der Waals surface area contributed by atoms with Gasteiger partial charge >= 0.3 is 5.97 Å². The van der Waals surface area contributed by atoms with Crippen LogP contribution in [0.5, 0.6) is 5.75 Å². The number of benzene rings is 2. The van der Waals surface area contributed by atoms with Crippen LogP contribution in [-0.2, 0) is 0 Å². The van der Waals surface area contributed by atoms with Crippen molar-refractivity contribution in [2.45, 2.75) is 13.8 Å². The van der Waals surface area contributed by atoms with E-state index in [0.29, 0.717) is 11.1 Å². The van der Waals surface area contributed by atoms with Gasteiger partial charge in [-0.15, -0.1) is 0 Å². The average Bonchev–Trinajstić information content (AvgIpc) is 2.47. The highest BCUT2D eigenvalue weighted by molar-refractivity contribution is 6.06. The van der Waals surface area contributed by atoms with Crippen LogP contribution in [0.25, 0.3) is 0 Å². The second kappa shape index (κ2) is 6.13. The van der Waals surface area contributed by atoms with Crippen molar-refractivity contribution >= 4 is 17.5 Å². The van der Waals surface area contributed by atoms with E-state index in [2.05, 4.69) is 0 Å². The van der Waals surface area contributed by atoms with E-state index in [1.807, 2.05) is 0 Å². The van der Waals surface area contributed by atoms with Gasteiger partial charge in [0.15, 0.2) is 11.6 Å². The molecule has 0 N–H and O–H groups in total. The van der Waals surface area contributed by atoms with Crippen molar-refractivity contribution in [3.63, 3.8) is 0 Å².